The van der Waals surface area contributed by atoms with E-state index in [1.807, 2.05) is 43.3 Å². The van der Waals surface area contributed by atoms with Gasteiger partial charge in [0.05, 0.1) is 13.7 Å². The number of hydrogen-bond acceptors (Lipinski definition) is 4. The number of halogens is 1. The number of nitrogens with zero attached hydrogens (tertiary/aromatic N) is 1. The van der Waals surface area contributed by atoms with E-state index in [1.165, 1.54) is 5.56 Å². The van der Waals surface area contributed by atoms with Crippen LogP contribution in [0.15, 0.2) is 47.5 Å². The third-order valence-corrected chi connectivity index (χ3v) is 4.89. The molecule has 0 fully saturated rings. The van der Waals surface area contributed by atoms with E-state index < -0.39 is 0 Å². The van der Waals surface area contributed by atoms with Crippen LogP contribution in [0.3, 0.4) is 0 Å². The molecule has 1 amide bonds. The first-order valence-corrected chi connectivity index (χ1v) is 11.2. The average molecular weight is 569 g/mol. The van der Waals surface area contributed by atoms with Crippen molar-refractivity contribution in [3.8, 4) is 11.5 Å². The van der Waals surface area contributed by atoms with Crippen LogP contribution < -0.4 is 25.4 Å². The van der Waals surface area contributed by atoms with Crippen molar-refractivity contribution < 1.29 is 14.3 Å². The van der Waals surface area contributed by atoms with E-state index in [0.717, 1.165) is 61.9 Å². The second kappa shape index (κ2) is 16.2. The molecule has 33 heavy (non-hydrogen) atoms. The van der Waals surface area contributed by atoms with E-state index in [1.54, 1.807) is 14.2 Å². The standard InChI is InChI=1S/C25H36N4O3.HI/c1-5-27-25(29-16-14-20-9-7-11-21(17-20)24(30)26-3)28-15-8-10-19-12-13-22(31-4)23(18-19)32-6-2;/h7,9,11-13,17-18H,5-6,8,10,14-16H2,1-4H3,(H,26,30)(H2,27,28,29);1H. The molecule has 2 aromatic carbocycles. The van der Waals surface area contributed by atoms with Crippen LogP contribution in [0, 0.1) is 0 Å². The van der Waals surface area contributed by atoms with Crippen molar-refractivity contribution in [1.82, 2.24) is 16.0 Å². The van der Waals surface area contributed by atoms with Crippen molar-refractivity contribution >= 4 is 35.8 Å². The molecule has 8 heteroatoms. The summed E-state index contributed by atoms with van der Waals surface area (Å²) in [6.07, 6.45) is 2.66. The largest absolute Gasteiger partial charge is 0.493 e. The highest BCUT2D eigenvalue weighted by Gasteiger charge is 2.06. The highest BCUT2D eigenvalue weighted by Crippen LogP contribution is 2.28. The lowest BCUT2D eigenvalue weighted by molar-refractivity contribution is 0.0963. The van der Waals surface area contributed by atoms with E-state index in [2.05, 4.69) is 33.9 Å². The summed E-state index contributed by atoms with van der Waals surface area (Å²) in [5.74, 6) is 2.28. The lowest BCUT2D eigenvalue weighted by Crippen LogP contribution is -2.38. The number of aliphatic imine (C=N–C) groups is 1. The minimum Gasteiger partial charge on any atom is -0.493 e. The van der Waals surface area contributed by atoms with E-state index in [4.69, 9.17) is 9.47 Å². The summed E-state index contributed by atoms with van der Waals surface area (Å²) in [5, 5.41) is 9.32. The molecule has 0 spiro atoms. The van der Waals surface area contributed by atoms with Crippen LogP contribution in [0.5, 0.6) is 11.5 Å². The van der Waals surface area contributed by atoms with Crippen molar-refractivity contribution in [2.75, 3.05) is 40.4 Å². The Morgan fingerprint density at radius 2 is 1.79 bits per heavy atom. The van der Waals surface area contributed by atoms with Gasteiger partial charge in [-0.05, 0) is 68.5 Å². The summed E-state index contributed by atoms with van der Waals surface area (Å²) in [5.41, 5.74) is 2.99. The third-order valence-electron chi connectivity index (χ3n) is 4.89. The van der Waals surface area contributed by atoms with Gasteiger partial charge in [0.1, 0.15) is 0 Å². The fraction of sp³-hybridized carbons (Fsp3) is 0.440. The first-order valence-electron chi connectivity index (χ1n) is 11.2. The second-order valence-corrected chi connectivity index (χ2v) is 7.24. The van der Waals surface area contributed by atoms with Crippen LogP contribution in [-0.4, -0.2) is 52.3 Å². The van der Waals surface area contributed by atoms with Gasteiger partial charge in [-0.1, -0.05) is 18.2 Å². The van der Waals surface area contributed by atoms with Crippen molar-refractivity contribution in [2.45, 2.75) is 33.1 Å². The van der Waals surface area contributed by atoms with Gasteiger partial charge in [0.2, 0.25) is 0 Å². The summed E-state index contributed by atoms with van der Waals surface area (Å²) < 4.78 is 11.0. The first-order chi connectivity index (χ1) is 15.6. The predicted molar refractivity (Wildman–Crippen MR) is 145 cm³/mol. The topological polar surface area (TPSA) is 84.0 Å². The molecule has 0 aromatic heterocycles. The molecule has 3 N–H and O–H groups in total. The van der Waals surface area contributed by atoms with E-state index in [-0.39, 0.29) is 29.9 Å². The Morgan fingerprint density at radius 3 is 2.48 bits per heavy atom. The highest BCUT2D eigenvalue weighted by molar-refractivity contribution is 14.0. The second-order valence-electron chi connectivity index (χ2n) is 7.24. The molecule has 182 valence electrons. The molecular weight excluding hydrogens is 531 g/mol. The zero-order valence-electron chi connectivity index (χ0n) is 20.1. The fourth-order valence-corrected chi connectivity index (χ4v) is 3.30. The molecule has 0 atom stereocenters. The van der Waals surface area contributed by atoms with Crippen molar-refractivity contribution in [2.24, 2.45) is 4.99 Å². The van der Waals surface area contributed by atoms with Crippen LogP contribution in [0.4, 0.5) is 0 Å². The van der Waals surface area contributed by atoms with Gasteiger partial charge >= 0.3 is 0 Å². The summed E-state index contributed by atoms with van der Waals surface area (Å²) >= 11 is 0. The molecule has 0 radical (unpaired) electrons. The zero-order chi connectivity index (χ0) is 23.2. The maximum atomic E-state index is 11.8. The van der Waals surface area contributed by atoms with E-state index in [0.29, 0.717) is 12.2 Å². The van der Waals surface area contributed by atoms with Crippen LogP contribution in [0.25, 0.3) is 0 Å². The Hall–Kier alpha value is -2.49. The van der Waals surface area contributed by atoms with Crippen LogP contribution in [0.2, 0.25) is 0 Å². The van der Waals surface area contributed by atoms with Gasteiger partial charge in [0, 0.05) is 32.2 Å². The van der Waals surface area contributed by atoms with E-state index >= 15 is 0 Å². The third kappa shape index (κ3) is 9.89. The molecule has 0 heterocycles. The van der Waals surface area contributed by atoms with Crippen LogP contribution in [-0.2, 0) is 12.8 Å². The van der Waals surface area contributed by atoms with E-state index in [9.17, 15) is 4.79 Å². The average Bonchev–Trinajstić information content (AvgIpc) is 2.82. The number of guanidine groups is 1. The lowest BCUT2D eigenvalue weighted by atomic mass is 10.1. The number of rotatable bonds is 12. The first kappa shape index (κ1) is 28.5. The number of aryl methyl sites for hydroxylation is 1. The molecule has 0 saturated carbocycles. The molecule has 2 aromatic rings. The Balaban J connectivity index is 0.00000544. The quantitative estimate of drug-likeness (QED) is 0.157. The minimum absolute atomic E-state index is 0. The number of carbonyl (C=O) groups is 1. The maximum Gasteiger partial charge on any atom is 0.251 e. The summed E-state index contributed by atoms with van der Waals surface area (Å²) in [4.78, 5) is 16.5. The Kier molecular flexibility index (Phi) is 14.0. The number of benzene rings is 2. The number of amides is 1. The fourth-order valence-electron chi connectivity index (χ4n) is 3.30. The summed E-state index contributed by atoms with van der Waals surface area (Å²) in [7, 11) is 3.29. The van der Waals surface area contributed by atoms with Gasteiger partial charge in [0.25, 0.3) is 5.91 Å². The van der Waals surface area contributed by atoms with Gasteiger partial charge in [-0.15, -0.1) is 24.0 Å². The monoisotopic (exact) mass is 568 g/mol. The number of hydrogen-bond donors (Lipinski definition) is 3. The van der Waals surface area contributed by atoms with Gasteiger partial charge in [-0.3, -0.25) is 9.79 Å². The normalized spacial score (nSPS) is 10.7. The maximum absolute atomic E-state index is 11.8. The molecule has 2 rings (SSSR count). The van der Waals surface area contributed by atoms with Gasteiger partial charge < -0.3 is 25.4 Å². The smallest absolute Gasteiger partial charge is 0.251 e. The van der Waals surface area contributed by atoms with Gasteiger partial charge in [-0.2, -0.15) is 0 Å². The van der Waals surface area contributed by atoms with Crippen LogP contribution >= 0.6 is 24.0 Å². The SMILES string of the molecule is CCNC(=NCCCc1ccc(OC)c(OCC)c1)NCCc1cccc(C(=O)NC)c1.I. The van der Waals surface area contributed by atoms with Gasteiger partial charge in [-0.25, -0.2) is 0 Å². The Bertz CT molecular complexity index is 890. The lowest BCUT2D eigenvalue weighted by Gasteiger charge is -2.12. The number of carbonyl (C=O) groups excluding carboxylic acids is 1. The Labute approximate surface area is 214 Å². The molecule has 7 nitrogen and oxygen atoms in total. The number of ether oxygens (including phenoxy) is 2. The van der Waals surface area contributed by atoms with Crippen LogP contribution in [0.1, 0.15) is 41.8 Å². The van der Waals surface area contributed by atoms with Crippen molar-refractivity contribution in [3.63, 3.8) is 0 Å². The Morgan fingerprint density at radius 1 is 1.00 bits per heavy atom. The molecule has 0 aliphatic carbocycles. The number of methoxy groups -OCH3 is 1. The predicted octanol–water partition coefficient (Wildman–Crippen LogP) is 3.80. The molecule has 0 aliphatic rings. The van der Waals surface area contributed by atoms with Crippen molar-refractivity contribution in [3.05, 3.63) is 59.2 Å². The highest BCUT2D eigenvalue weighted by atomic mass is 127. The summed E-state index contributed by atoms with van der Waals surface area (Å²) in [6, 6.07) is 13.8. The molecule has 0 bridgehead atoms. The molecule has 0 aliphatic heterocycles. The van der Waals surface area contributed by atoms with Gasteiger partial charge in [0.15, 0.2) is 17.5 Å². The van der Waals surface area contributed by atoms with Crippen molar-refractivity contribution in [1.29, 1.82) is 0 Å². The molecule has 0 unspecified atom stereocenters. The summed E-state index contributed by atoms with van der Waals surface area (Å²) in [6.45, 7) is 6.88. The molecular formula is C25H37IN4O3. The number of nitrogens with one attached hydrogen (secondary N) is 3. The zero-order valence-corrected chi connectivity index (χ0v) is 22.4. The minimum atomic E-state index is -0.0695. The molecule has 0 saturated heterocycles.